The minimum atomic E-state index is -0.156. The molecule has 0 spiro atoms. The Hall–Kier alpha value is -2.50. The third kappa shape index (κ3) is 4.36. The van der Waals surface area contributed by atoms with Crippen molar-refractivity contribution in [1.29, 1.82) is 0 Å². The lowest BCUT2D eigenvalue weighted by molar-refractivity contribution is 0.103. The molecular formula is C20H18ClNO3S. The van der Waals surface area contributed by atoms with Crippen LogP contribution in [0.5, 0.6) is 11.5 Å². The zero-order valence-electron chi connectivity index (χ0n) is 14.4. The van der Waals surface area contributed by atoms with Crippen LogP contribution in [0.4, 0.5) is 5.69 Å². The van der Waals surface area contributed by atoms with E-state index in [9.17, 15) is 4.79 Å². The molecule has 1 heterocycles. The van der Waals surface area contributed by atoms with Gasteiger partial charge in [0.1, 0.15) is 18.1 Å². The third-order valence-corrected chi connectivity index (χ3v) is 5.25. The van der Waals surface area contributed by atoms with Crippen molar-refractivity contribution < 1.29 is 14.3 Å². The number of hydrogen-bond donors (Lipinski definition) is 1. The summed E-state index contributed by atoms with van der Waals surface area (Å²) in [5.41, 5.74) is 2.51. The Kier molecular flexibility index (Phi) is 5.81. The van der Waals surface area contributed by atoms with E-state index < -0.39 is 0 Å². The highest BCUT2D eigenvalue weighted by Gasteiger charge is 2.12. The summed E-state index contributed by atoms with van der Waals surface area (Å²) in [6, 6.07) is 14.7. The molecule has 26 heavy (non-hydrogen) atoms. The standard InChI is InChI=1S/C20H18ClNO3S/c1-13-17(21)4-3-5-18(13)22-20(23)19-10-14(12-26-19)11-25-16-8-6-15(24-2)7-9-16/h3-10,12H,11H2,1-2H3,(H,22,23). The average molecular weight is 388 g/mol. The van der Waals surface area contributed by atoms with E-state index in [1.165, 1.54) is 11.3 Å². The van der Waals surface area contributed by atoms with E-state index in [1.54, 1.807) is 13.2 Å². The zero-order valence-corrected chi connectivity index (χ0v) is 16.0. The second-order valence-corrected chi connectivity index (χ2v) is 6.97. The quantitative estimate of drug-likeness (QED) is 0.603. The highest BCUT2D eigenvalue weighted by molar-refractivity contribution is 7.12. The number of anilines is 1. The van der Waals surface area contributed by atoms with Gasteiger partial charge in [0.15, 0.2) is 0 Å². The van der Waals surface area contributed by atoms with Crippen LogP contribution in [0.2, 0.25) is 5.02 Å². The Morgan fingerprint density at radius 2 is 1.88 bits per heavy atom. The van der Waals surface area contributed by atoms with Crippen LogP contribution in [0.15, 0.2) is 53.9 Å². The summed E-state index contributed by atoms with van der Waals surface area (Å²) in [4.78, 5) is 13.1. The number of hydrogen-bond acceptors (Lipinski definition) is 4. The molecule has 0 fully saturated rings. The molecule has 3 aromatic rings. The normalized spacial score (nSPS) is 10.4. The Labute approximate surface area is 161 Å². The van der Waals surface area contributed by atoms with Crippen molar-refractivity contribution in [3.63, 3.8) is 0 Å². The third-order valence-electron chi connectivity index (χ3n) is 3.86. The van der Waals surface area contributed by atoms with Crippen molar-refractivity contribution in [2.45, 2.75) is 13.5 Å². The number of methoxy groups -OCH3 is 1. The molecule has 1 amide bonds. The summed E-state index contributed by atoms with van der Waals surface area (Å²) >= 11 is 7.48. The van der Waals surface area contributed by atoms with Crippen molar-refractivity contribution in [2.24, 2.45) is 0 Å². The lowest BCUT2D eigenvalue weighted by Crippen LogP contribution is -2.11. The zero-order chi connectivity index (χ0) is 18.5. The fourth-order valence-corrected chi connectivity index (χ4v) is 3.30. The number of ether oxygens (including phenoxy) is 2. The molecule has 0 saturated carbocycles. The predicted molar refractivity (Wildman–Crippen MR) is 106 cm³/mol. The molecule has 0 radical (unpaired) electrons. The second-order valence-electron chi connectivity index (χ2n) is 5.65. The fraction of sp³-hybridized carbons (Fsp3) is 0.150. The molecular weight excluding hydrogens is 370 g/mol. The Morgan fingerprint density at radius 3 is 2.62 bits per heavy atom. The van der Waals surface area contributed by atoms with Gasteiger partial charge < -0.3 is 14.8 Å². The molecule has 0 atom stereocenters. The molecule has 2 aromatic carbocycles. The SMILES string of the molecule is COc1ccc(OCc2csc(C(=O)Nc3cccc(Cl)c3C)c2)cc1. The summed E-state index contributed by atoms with van der Waals surface area (Å²) in [7, 11) is 1.62. The van der Waals surface area contributed by atoms with E-state index in [2.05, 4.69) is 5.32 Å². The van der Waals surface area contributed by atoms with Crippen molar-refractivity contribution in [3.8, 4) is 11.5 Å². The van der Waals surface area contributed by atoms with E-state index in [0.29, 0.717) is 22.2 Å². The predicted octanol–water partition coefficient (Wildman–Crippen LogP) is 5.55. The van der Waals surface area contributed by atoms with E-state index in [0.717, 1.165) is 22.6 Å². The van der Waals surface area contributed by atoms with Crippen LogP contribution in [0.3, 0.4) is 0 Å². The number of halogens is 1. The molecule has 1 N–H and O–H groups in total. The van der Waals surface area contributed by atoms with E-state index in [1.807, 2.05) is 54.8 Å². The highest BCUT2D eigenvalue weighted by Crippen LogP contribution is 2.25. The fourth-order valence-electron chi connectivity index (χ4n) is 2.34. The number of carbonyl (C=O) groups is 1. The Morgan fingerprint density at radius 1 is 1.15 bits per heavy atom. The van der Waals surface area contributed by atoms with Gasteiger partial charge in [-0.1, -0.05) is 17.7 Å². The van der Waals surface area contributed by atoms with Crippen LogP contribution >= 0.6 is 22.9 Å². The lowest BCUT2D eigenvalue weighted by Gasteiger charge is -2.08. The topological polar surface area (TPSA) is 47.6 Å². The van der Waals surface area contributed by atoms with E-state index >= 15 is 0 Å². The number of nitrogens with one attached hydrogen (secondary N) is 1. The van der Waals surface area contributed by atoms with Gasteiger partial charge in [-0.15, -0.1) is 11.3 Å². The van der Waals surface area contributed by atoms with Gasteiger partial charge in [-0.2, -0.15) is 0 Å². The first-order valence-electron chi connectivity index (χ1n) is 7.97. The molecule has 4 nitrogen and oxygen atoms in total. The number of amides is 1. The van der Waals surface area contributed by atoms with Gasteiger partial charge in [-0.3, -0.25) is 4.79 Å². The molecule has 0 aliphatic carbocycles. The second kappa shape index (κ2) is 8.25. The molecule has 3 rings (SSSR count). The Bertz CT molecular complexity index is 906. The largest absolute Gasteiger partial charge is 0.497 e. The maximum atomic E-state index is 12.4. The molecule has 0 bridgehead atoms. The maximum Gasteiger partial charge on any atom is 0.265 e. The summed E-state index contributed by atoms with van der Waals surface area (Å²) in [5, 5.41) is 5.45. The highest BCUT2D eigenvalue weighted by atomic mass is 35.5. The van der Waals surface area contributed by atoms with Crippen LogP contribution in [0.1, 0.15) is 20.8 Å². The molecule has 0 saturated heterocycles. The van der Waals surface area contributed by atoms with Crippen molar-refractivity contribution >= 4 is 34.5 Å². The smallest absolute Gasteiger partial charge is 0.265 e. The number of carbonyl (C=O) groups excluding carboxylic acids is 1. The summed E-state index contributed by atoms with van der Waals surface area (Å²) in [6.45, 7) is 2.27. The van der Waals surface area contributed by atoms with Gasteiger partial charge >= 0.3 is 0 Å². The van der Waals surface area contributed by atoms with Gasteiger partial charge in [-0.25, -0.2) is 0 Å². The summed E-state index contributed by atoms with van der Waals surface area (Å²) in [6.07, 6.45) is 0. The van der Waals surface area contributed by atoms with E-state index in [4.69, 9.17) is 21.1 Å². The monoisotopic (exact) mass is 387 g/mol. The van der Waals surface area contributed by atoms with E-state index in [-0.39, 0.29) is 5.91 Å². The molecule has 1 aromatic heterocycles. The van der Waals surface area contributed by atoms with Crippen LogP contribution in [-0.2, 0) is 6.61 Å². The van der Waals surface area contributed by atoms with Gasteiger partial charge in [-0.05, 0) is 60.3 Å². The van der Waals surface area contributed by atoms with Crippen molar-refractivity contribution in [1.82, 2.24) is 0 Å². The Balaban J connectivity index is 1.61. The minimum absolute atomic E-state index is 0.156. The van der Waals surface area contributed by atoms with Crippen LogP contribution in [0, 0.1) is 6.92 Å². The first-order chi connectivity index (χ1) is 12.6. The van der Waals surface area contributed by atoms with Crippen molar-refractivity contribution in [3.05, 3.63) is 74.9 Å². The van der Waals surface area contributed by atoms with Crippen LogP contribution in [0.25, 0.3) is 0 Å². The van der Waals surface area contributed by atoms with Gasteiger partial charge in [0.25, 0.3) is 5.91 Å². The van der Waals surface area contributed by atoms with Gasteiger partial charge in [0, 0.05) is 16.3 Å². The average Bonchev–Trinajstić information content (AvgIpc) is 3.13. The van der Waals surface area contributed by atoms with Gasteiger partial charge in [0.05, 0.1) is 12.0 Å². The maximum absolute atomic E-state index is 12.4. The van der Waals surface area contributed by atoms with Crippen molar-refractivity contribution in [2.75, 3.05) is 12.4 Å². The molecule has 0 aliphatic heterocycles. The first-order valence-corrected chi connectivity index (χ1v) is 9.23. The minimum Gasteiger partial charge on any atom is -0.497 e. The number of benzene rings is 2. The van der Waals surface area contributed by atoms with Gasteiger partial charge in [0.2, 0.25) is 0 Å². The first kappa shape index (κ1) is 18.3. The summed E-state index contributed by atoms with van der Waals surface area (Å²) < 4.78 is 10.9. The lowest BCUT2D eigenvalue weighted by atomic mass is 10.2. The number of thiophene rings is 1. The molecule has 6 heteroatoms. The van der Waals surface area contributed by atoms with Crippen LogP contribution in [-0.4, -0.2) is 13.0 Å². The molecule has 0 unspecified atom stereocenters. The molecule has 134 valence electrons. The summed E-state index contributed by atoms with van der Waals surface area (Å²) in [5.74, 6) is 1.37. The molecule has 0 aliphatic rings. The number of rotatable bonds is 6. The van der Waals surface area contributed by atoms with Crippen LogP contribution < -0.4 is 14.8 Å².